The zero-order valence-electron chi connectivity index (χ0n) is 10.9. The number of methoxy groups -OCH3 is 1. The third-order valence-corrected chi connectivity index (χ3v) is 2.71. The molecule has 7 nitrogen and oxygen atoms in total. The minimum absolute atomic E-state index is 0.106. The van der Waals surface area contributed by atoms with Crippen LogP contribution in [-0.4, -0.2) is 17.0 Å². The molecule has 1 aromatic carbocycles. The maximum absolute atomic E-state index is 10.6. The largest absolute Gasteiger partial charge is 0.497 e. The van der Waals surface area contributed by atoms with E-state index in [2.05, 4.69) is 10.3 Å². The monoisotopic (exact) mass is 274 g/mol. The van der Waals surface area contributed by atoms with E-state index >= 15 is 0 Å². The molecule has 1 heterocycles. The summed E-state index contributed by atoms with van der Waals surface area (Å²) in [5.41, 5.74) is 6.33. The van der Waals surface area contributed by atoms with E-state index in [1.807, 2.05) is 24.3 Å². The van der Waals surface area contributed by atoms with Gasteiger partial charge in [0.1, 0.15) is 11.6 Å². The van der Waals surface area contributed by atoms with Crippen molar-refractivity contribution in [2.75, 3.05) is 18.2 Å². The lowest BCUT2D eigenvalue weighted by Gasteiger charge is -2.07. The Hall–Kier alpha value is -2.83. The Morgan fingerprint density at radius 1 is 1.40 bits per heavy atom. The van der Waals surface area contributed by atoms with Crippen LogP contribution in [0.15, 0.2) is 36.4 Å². The molecule has 2 rings (SSSR count). The van der Waals surface area contributed by atoms with Crippen LogP contribution >= 0.6 is 0 Å². The molecular formula is C13H14N4O3. The molecule has 0 aliphatic heterocycles. The highest BCUT2D eigenvalue weighted by molar-refractivity contribution is 5.57. The van der Waals surface area contributed by atoms with Gasteiger partial charge in [-0.25, -0.2) is 4.98 Å². The molecule has 0 unspecified atom stereocenters. The quantitative estimate of drug-likeness (QED) is 0.640. The third kappa shape index (κ3) is 3.14. The van der Waals surface area contributed by atoms with Crippen molar-refractivity contribution in [3.8, 4) is 5.75 Å². The van der Waals surface area contributed by atoms with Gasteiger partial charge in [0.25, 0.3) is 0 Å². The van der Waals surface area contributed by atoms with Gasteiger partial charge in [0.05, 0.1) is 12.0 Å². The Morgan fingerprint density at radius 3 is 2.85 bits per heavy atom. The van der Waals surface area contributed by atoms with Gasteiger partial charge in [-0.3, -0.25) is 10.1 Å². The van der Waals surface area contributed by atoms with Crippen molar-refractivity contribution in [2.45, 2.75) is 6.54 Å². The summed E-state index contributed by atoms with van der Waals surface area (Å²) in [5.74, 6) is 1.14. The number of nitrogens with zero attached hydrogens (tertiary/aromatic N) is 2. The average molecular weight is 274 g/mol. The van der Waals surface area contributed by atoms with Crippen molar-refractivity contribution >= 4 is 17.3 Å². The van der Waals surface area contributed by atoms with E-state index in [0.717, 1.165) is 11.3 Å². The van der Waals surface area contributed by atoms with Crippen LogP contribution in [0.25, 0.3) is 0 Å². The lowest BCUT2D eigenvalue weighted by Crippen LogP contribution is -2.05. The number of hydrogen-bond donors (Lipinski definition) is 2. The number of ether oxygens (including phenoxy) is 1. The normalized spacial score (nSPS) is 10.1. The summed E-state index contributed by atoms with van der Waals surface area (Å²) in [5, 5.41) is 13.7. The number of nitro groups is 1. The second-order valence-corrected chi connectivity index (χ2v) is 4.06. The minimum Gasteiger partial charge on any atom is -0.497 e. The van der Waals surface area contributed by atoms with Gasteiger partial charge in [-0.2, -0.15) is 0 Å². The zero-order chi connectivity index (χ0) is 14.5. The van der Waals surface area contributed by atoms with Crippen molar-refractivity contribution in [2.24, 2.45) is 0 Å². The number of anilines is 2. The number of benzene rings is 1. The van der Waals surface area contributed by atoms with Crippen LogP contribution in [0.2, 0.25) is 0 Å². The fraction of sp³-hybridized carbons (Fsp3) is 0.154. The minimum atomic E-state index is -0.561. The van der Waals surface area contributed by atoms with Crippen LogP contribution in [0, 0.1) is 10.1 Å². The van der Waals surface area contributed by atoms with Crippen LogP contribution in [-0.2, 0) is 6.54 Å². The summed E-state index contributed by atoms with van der Waals surface area (Å²) in [6.45, 7) is 0.515. The highest BCUT2D eigenvalue weighted by Crippen LogP contribution is 2.21. The molecule has 0 fully saturated rings. The number of aromatic nitrogens is 1. The molecule has 0 aliphatic carbocycles. The molecule has 0 saturated heterocycles. The molecule has 0 radical (unpaired) electrons. The first-order chi connectivity index (χ1) is 9.60. The molecule has 7 heteroatoms. The predicted molar refractivity (Wildman–Crippen MR) is 75.6 cm³/mol. The summed E-state index contributed by atoms with van der Waals surface area (Å²) in [6, 6.07) is 10.4. The zero-order valence-corrected chi connectivity index (χ0v) is 10.9. The summed E-state index contributed by atoms with van der Waals surface area (Å²) in [6.07, 6.45) is 0. The molecular weight excluding hydrogens is 260 g/mol. The number of hydrogen-bond acceptors (Lipinski definition) is 6. The average Bonchev–Trinajstić information content (AvgIpc) is 2.45. The smallest absolute Gasteiger partial charge is 0.311 e. The maximum Gasteiger partial charge on any atom is 0.311 e. The van der Waals surface area contributed by atoms with Crippen LogP contribution < -0.4 is 15.8 Å². The Labute approximate surface area is 115 Å². The molecule has 0 aliphatic rings. The van der Waals surface area contributed by atoms with Crippen LogP contribution in [0.1, 0.15) is 5.56 Å². The SMILES string of the molecule is COc1cccc(CNc2ccc([N+](=O)[O-])c(N)n2)c1. The van der Waals surface area contributed by atoms with E-state index in [-0.39, 0.29) is 11.5 Å². The first-order valence-electron chi connectivity index (χ1n) is 5.88. The molecule has 0 bridgehead atoms. The summed E-state index contributed by atoms with van der Waals surface area (Å²) >= 11 is 0. The number of nitrogens with two attached hydrogens (primary N) is 1. The third-order valence-electron chi connectivity index (χ3n) is 2.71. The molecule has 3 N–H and O–H groups in total. The van der Waals surface area contributed by atoms with Crippen molar-refractivity contribution < 1.29 is 9.66 Å². The molecule has 0 spiro atoms. The van der Waals surface area contributed by atoms with E-state index in [9.17, 15) is 10.1 Å². The standard InChI is InChI=1S/C13H14N4O3/c1-20-10-4-2-3-9(7-10)8-15-12-6-5-11(17(18)19)13(14)16-12/h2-7H,8H2,1H3,(H3,14,15,16). The van der Waals surface area contributed by atoms with Gasteiger partial charge in [0.2, 0.25) is 5.82 Å². The van der Waals surface area contributed by atoms with Crippen molar-refractivity contribution in [3.05, 3.63) is 52.1 Å². The lowest BCUT2D eigenvalue weighted by molar-refractivity contribution is -0.384. The van der Waals surface area contributed by atoms with E-state index in [4.69, 9.17) is 10.5 Å². The second-order valence-electron chi connectivity index (χ2n) is 4.06. The van der Waals surface area contributed by atoms with Gasteiger partial charge in [-0.05, 0) is 23.8 Å². The Morgan fingerprint density at radius 2 is 2.20 bits per heavy atom. The van der Waals surface area contributed by atoms with E-state index in [0.29, 0.717) is 12.4 Å². The Kier molecular flexibility index (Phi) is 3.99. The first kappa shape index (κ1) is 13.6. The lowest BCUT2D eigenvalue weighted by atomic mass is 10.2. The van der Waals surface area contributed by atoms with Gasteiger partial charge in [-0.1, -0.05) is 12.1 Å². The van der Waals surface area contributed by atoms with Crippen molar-refractivity contribution in [3.63, 3.8) is 0 Å². The molecule has 0 amide bonds. The maximum atomic E-state index is 10.6. The van der Waals surface area contributed by atoms with Crippen LogP contribution in [0.4, 0.5) is 17.3 Å². The van der Waals surface area contributed by atoms with Gasteiger partial charge in [0, 0.05) is 12.6 Å². The van der Waals surface area contributed by atoms with E-state index in [1.165, 1.54) is 12.1 Å². The summed E-state index contributed by atoms with van der Waals surface area (Å²) < 4.78 is 5.13. The van der Waals surface area contributed by atoms with Crippen LogP contribution in [0.3, 0.4) is 0 Å². The Bertz CT molecular complexity index is 631. The molecule has 0 atom stereocenters. The van der Waals surface area contributed by atoms with Crippen LogP contribution in [0.5, 0.6) is 5.75 Å². The topological polar surface area (TPSA) is 103 Å². The number of rotatable bonds is 5. The molecule has 1 aromatic heterocycles. The van der Waals surface area contributed by atoms with E-state index in [1.54, 1.807) is 7.11 Å². The summed E-state index contributed by atoms with van der Waals surface area (Å²) in [4.78, 5) is 14.0. The second kappa shape index (κ2) is 5.87. The number of nitrogens with one attached hydrogen (secondary N) is 1. The van der Waals surface area contributed by atoms with Crippen molar-refractivity contribution in [1.82, 2.24) is 4.98 Å². The van der Waals surface area contributed by atoms with Gasteiger partial charge in [-0.15, -0.1) is 0 Å². The fourth-order valence-corrected chi connectivity index (χ4v) is 1.70. The molecule has 0 saturated carbocycles. The summed E-state index contributed by atoms with van der Waals surface area (Å²) in [7, 11) is 1.60. The number of nitrogen functional groups attached to an aromatic ring is 1. The number of pyridine rings is 1. The first-order valence-corrected chi connectivity index (χ1v) is 5.88. The molecule has 2 aromatic rings. The van der Waals surface area contributed by atoms with Gasteiger partial charge in [0.15, 0.2) is 0 Å². The fourth-order valence-electron chi connectivity index (χ4n) is 1.70. The molecule has 20 heavy (non-hydrogen) atoms. The highest BCUT2D eigenvalue weighted by Gasteiger charge is 2.12. The predicted octanol–water partition coefficient (Wildman–Crippen LogP) is 2.19. The van der Waals surface area contributed by atoms with Gasteiger partial charge >= 0.3 is 5.69 Å². The highest BCUT2D eigenvalue weighted by atomic mass is 16.6. The van der Waals surface area contributed by atoms with E-state index < -0.39 is 4.92 Å². The van der Waals surface area contributed by atoms with Crippen molar-refractivity contribution in [1.29, 1.82) is 0 Å². The molecule has 104 valence electrons. The Balaban J connectivity index is 2.07. The van der Waals surface area contributed by atoms with Gasteiger partial charge < -0.3 is 15.8 Å².